The zero-order valence-electron chi connectivity index (χ0n) is 17.1. The molecule has 2 unspecified atom stereocenters. The fourth-order valence-corrected chi connectivity index (χ4v) is 4.67. The molecule has 6 heteroatoms. The summed E-state index contributed by atoms with van der Waals surface area (Å²) in [6, 6.07) is 1.17. The molecule has 4 rings (SSSR count). The fraction of sp³-hybridized carbons (Fsp3) is 0.857. The number of nitrogens with zero attached hydrogens (tertiary/aromatic N) is 5. The number of likely N-dealkylation sites (N-methyl/N-ethyl adjacent to an activating group) is 1. The third-order valence-electron chi connectivity index (χ3n) is 6.39. The second-order valence-electron chi connectivity index (χ2n) is 8.44. The second kappa shape index (κ2) is 10.9. The van der Waals surface area contributed by atoms with Crippen molar-refractivity contribution in [2.75, 3.05) is 33.2 Å². The maximum atomic E-state index is 10.7. The minimum absolute atomic E-state index is 0.475. The Morgan fingerprint density at radius 3 is 2.11 bits per heavy atom. The van der Waals surface area contributed by atoms with E-state index in [0.717, 1.165) is 25.7 Å². The number of hydrogen-bond acceptors (Lipinski definition) is 5. The Morgan fingerprint density at radius 2 is 1.48 bits per heavy atom. The monoisotopic (exact) mass is 375 g/mol. The van der Waals surface area contributed by atoms with E-state index < -0.39 is 0 Å². The molecular weight excluding hydrogens is 338 g/mol. The number of piperazine rings is 1. The van der Waals surface area contributed by atoms with Crippen LogP contribution in [-0.4, -0.2) is 69.6 Å². The normalized spacial score (nSPS) is 28.7. The van der Waals surface area contributed by atoms with Gasteiger partial charge in [0, 0.05) is 45.1 Å². The summed E-state index contributed by atoms with van der Waals surface area (Å²) < 4.78 is 2.11. The molecule has 1 saturated heterocycles. The first-order chi connectivity index (χ1) is 13.2. The summed E-state index contributed by atoms with van der Waals surface area (Å²) in [4.78, 5) is 19.9. The molecule has 1 aromatic heterocycles. The fourth-order valence-electron chi connectivity index (χ4n) is 4.67. The van der Waals surface area contributed by atoms with Crippen LogP contribution in [0.3, 0.4) is 0 Å². The van der Waals surface area contributed by atoms with E-state index in [0.29, 0.717) is 17.9 Å². The Bertz CT molecular complexity index is 529. The molecule has 2 saturated carbocycles. The first-order valence-corrected chi connectivity index (χ1v) is 11.0. The zero-order chi connectivity index (χ0) is 18.9. The van der Waals surface area contributed by atoms with Crippen LogP contribution < -0.4 is 0 Å². The Labute approximate surface area is 164 Å². The van der Waals surface area contributed by atoms with Gasteiger partial charge in [0.1, 0.15) is 18.4 Å². The number of aromatic nitrogens is 3. The lowest BCUT2D eigenvalue weighted by Gasteiger charge is -2.40. The lowest BCUT2D eigenvalue weighted by Crippen LogP contribution is -2.51. The average Bonchev–Trinajstić information content (AvgIpc) is 2.95. The van der Waals surface area contributed by atoms with E-state index in [1.54, 1.807) is 6.33 Å². The van der Waals surface area contributed by atoms with Crippen molar-refractivity contribution in [1.29, 1.82) is 0 Å². The predicted octanol–water partition coefficient (Wildman–Crippen LogP) is 3.31. The minimum atomic E-state index is 0.475. The average molecular weight is 376 g/mol. The minimum Gasteiger partial charge on any atom is -0.304 e. The van der Waals surface area contributed by atoms with Gasteiger partial charge in [-0.25, -0.2) is 9.67 Å². The molecule has 2 atom stereocenters. The maximum absolute atomic E-state index is 10.7. The van der Waals surface area contributed by atoms with Crippen molar-refractivity contribution in [2.24, 2.45) is 0 Å². The van der Waals surface area contributed by atoms with Crippen LogP contribution in [0.1, 0.15) is 76.7 Å². The van der Waals surface area contributed by atoms with Gasteiger partial charge in [0.25, 0.3) is 0 Å². The van der Waals surface area contributed by atoms with Crippen LogP contribution in [0.4, 0.5) is 0 Å². The highest BCUT2D eigenvalue weighted by molar-refractivity contribution is 5.78. The molecule has 27 heavy (non-hydrogen) atoms. The summed E-state index contributed by atoms with van der Waals surface area (Å²) in [6.07, 6.45) is 16.7. The highest BCUT2D eigenvalue weighted by atomic mass is 16.1. The Hall–Kier alpha value is -1.27. The quantitative estimate of drug-likeness (QED) is 0.742. The van der Waals surface area contributed by atoms with E-state index in [2.05, 4.69) is 31.6 Å². The van der Waals surface area contributed by atoms with Gasteiger partial charge in [-0.05, 0) is 32.7 Å². The van der Waals surface area contributed by atoms with Crippen LogP contribution in [0.15, 0.2) is 12.7 Å². The Kier molecular flexibility index (Phi) is 8.27. The van der Waals surface area contributed by atoms with Gasteiger partial charge in [-0.1, -0.05) is 32.1 Å². The van der Waals surface area contributed by atoms with Gasteiger partial charge in [-0.2, -0.15) is 5.10 Å². The first-order valence-electron chi connectivity index (χ1n) is 11.0. The topological polar surface area (TPSA) is 54.3 Å². The standard InChI is InChI=1S/C14H25N5.C7H12O/c1-17-7-9-18(10-8-17)13-5-3-2-4-6-14(13)19-12-15-11-16-19;8-7-5-3-1-2-4-6-7/h11-14H,2-10H2,1H3;1-6H2. The van der Waals surface area contributed by atoms with E-state index in [9.17, 15) is 4.79 Å². The first kappa shape index (κ1) is 20.5. The Morgan fingerprint density at radius 1 is 0.852 bits per heavy atom. The third-order valence-corrected chi connectivity index (χ3v) is 6.39. The van der Waals surface area contributed by atoms with Crippen LogP contribution in [0.5, 0.6) is 0 Å². The molecule has 6 nitrogen and oxygen atoms in total. The molecule has 0 spiro atoms. The number of carbonyl (C=O) groups is 1. The second-order valence-corrected chi connectivity index (χ2v) is 8.44. The van der Waals surface area contributed by atoms with Crippen molar-refractivity contribution < 1.29 is 4.79 Å². The number of hydrogen-bond donors (Lipinski definition) is 0. The largest absolute Gasteiger partial charge is 0.304 e. The number of ketones is 1. The SMILES string of the molecule is CN1CCN(C2CCCCCC2n2cncn2)CC1.O=C1CCCCCC1. The van der Waals surface area contributed by atoms with Crippen LogP contribution in [-0.2, 0) is 4.79 Å². The van der Waals surface area contributed by atoms with Gasteiger partial charge in [0.15, 0.2) is 0 Å². The van der Waals surface area contributed by atoms with Crippen molar-refractivity contribution in [2.45, 2.75) is 82.7 Å². The summed E-state index contributed by atoms with van der Waals surface area (Å²) in [6.45, 7) is 4.79. The molecular formula is C21H37N5O. The van der Waals surface area contributed by atoms with Crippen molar-refractivity contribution in [3.8, 4) is 0 Å². The highest BCUT2D eigenvalue weighted by Gasteiger charge is 2.31. The number of Topliss-reactive ketones (excluding diaryl/α,β-unsaturated/α-hetero) is 1. The smallest absolute Gasteiger partial charge is 0.137 e. The van der Waals surface area contributed by atoms with Gasteiger partial charge in [-0.3, -0.25) is 9.69 Å². The molecule has 0 aromatic carbocycles. The lowest BCUT2D eigenvalue weighted by molar-refractivity contribution is -0.118. The molecule has 0 bridgehead atoms. The molecule has 0 N–H and O–H groups in total. The molecule has 3 aliphatic rings. The summed E-state index contributed by atoms with van der Waals surface area (Å²) in [7, 11) is 2.22. The highest BCUT2D eigenvalue weighted by Crippen LogP contribution is 2.31. The van der Waals surface area contributed by atoms with E-state index in [-0.39, 0.29) is 0 Å². The molecule has 3 fully saturated rings. The van der Waals surface area contributed by atoms with E-state index in [1.165, 1.54) is 71.1 Å². The molecule has 152 valence electrons. The Balaban J connectivity index is 0.000000221. The molecule has 0 radical (unpaired) electrons. The van der Waals surface area contributed by atoms with E-state index >= 15 is 0 Å². The summed E-state index contributed by atoms with van der Waals surface area (Å²) in [5.74, 6) is 0.475. The molecule has 2 heterocycles. The van der Waals surface area contributed by atoms with Crippen LogP contribution in [0, 0.1) is 0 Å². The summed E-state index contributed by atoms with van der Waals surface area (Å²) >= 11 is 0. The van der Waals surface area contributed by atoms with Crippen molar-refractivity contribution in [1.82, 2.24) is 24.6 Å². The molecule has 1 aromatic rings. The maximum Gasteiger partial charge on any atom is 0.137 e. The van der Waals surface area contributed by atoms with Gasteiger partial charge in [-0.15, -0.1) is 0 Å². The molecule has 0 amide bonds. The van der Waals surface area contributed by atoms with Crippen LogP contribution in [0.2, 0.25) is 0 Å². The summed E-state index contributed by atoms with van der Waals surface area (Å²) in [5.41, 5.74) is 0. The van der Waals surface area contributed by atoms with Crippen LogP contribution in [0.25, 0.3) is 0 Å². The van der Waals surface area contributed by atoms with E-state index in [1.807, 2.05) is 6.33 Å². The van der Waals surface area contributed by atoms with Gasteiger partial charge in [0.2, 0.25) is 0 Å². The lowest BCUT2D eigenvalue weighted by atomic mass is 10.0. The van der Waals surface area contributed by atoms with Crippen LogP contribution >= 0.6 is 0 Å². The third kappa shape index (κ3) is 6.39. The number of rotatable bonds is 2. The predicted molar refractivity (Wildman–Crippen MR) is 108 cm³/mol. The van der Waals surface area contributed by atoms with Gasteiger partial charge in [0.05, 0.1) is 6.04 Å². The van der Waals surface area contributed by atoms with Crippen molar-refractivity contribution in [3.63, 3.8) is 0 Å². The molecule has 1 aliphatic heterocycles. The van der Waals surface area contributed by atoms with E-state index in [4.69, 9.17) is 0 Å². The summed E-state index contributed by atoms with van der Waals surface area (Å²) in [5, 5.41) is 4.41. The molecule has 2 aliphatic carbocycles. The van der Waals surface area contributed by atoms with Crippen molar-refractivity contribution in [3.05, 3.63) is 12.7 Å². The zero-order valence-corrected chi connectivity index (χ0v) is 17.1. The number of carbonyl (C=O) groups excluding carboxylic acids is 1. The van der Waals surface area contributed by atoms with Crippen molar-refractivity contribution >= 4 is 5.78 Å². The van der Waals surface area contributed by atoms with Gasteiger partial charge >= 0.3 is 0 Å². The van der Waals surface area contributed by atoms with Gasteiger partial charge < -0.3 is 4.90 Å².